The number of thiazole rings is 1. The lowest BCUT2D eigenvalue weighted by atomic mass is 10.1. The smallest absolute Gasteiger partial charge is 0.124 e. The fourth-order valence-corrected chi connectivity index (χ4v) is 3.29. The third-order valence-corrected chi connectivity index (χ3v) is 4.89. The number of anilines is 1. The fourth-order valence-electron chi connectivity index (χ4n) is 2.43. The van der Waals surface area contributed by atoms with Gasteiger partial charge in [0.1, 0.15) is 10.8 Å². The maximum Gasteiger partial charge on any atom is 0.124 e. The van der Waals surface area contributed by atoms with Gasteiger partial charge in [0, 0.05) is 27.8 Å². The second-order valence-electron chi connectivity index (χ2n) is 5.36. The molecule has 3 aromatic rings. The molecule has 5 heteroatoms. The minimum atomic E-state index is -0.253. The molecule has 1 aromatic carbocycles. The molecular weight excluding hydrogens is 297 g/mol. The van der Waals surface area contributed by atoms with E-state index in [0.29, 0.717) is 0 Å². The highest BCUT2D eigenvalue weighted by Crippen LogP contribution is 2.29. The summed E-state index contributed by atoms with van der Waals surface area (Å²) in [6.07, 6.45) is 2.92. The molecule has 3 nitrogen and oxygen atoms in total. The van der Waals surface area contributed by atoms with Crippen LogP contribution >= 0.6 is 11.3 Å². The minimum Gasteiger partial charge on any atom is -0.375 e. The molecule has 1 N–H and O–H groups in total. The van der Waals surface area contributed by atoms with Gasteiger partial charge in [-0.25, -0.2) is 9.37 Å². The van der Waals surface area contributed by atoms with Gasteiger partial charge in [0.05, 0.1) is 11.6 Å². The van der Waals surface area contributed by atoms with E-state index in [0.717, 1.165) is 33.7 Å². The van der Waals surface area contributed by atoms with Crippen molar-refractivity contribution in [3.63, 3.8) is 0 Å². The van der Waals surface area contributed by atoms with Gasteiger partial charge in [-0.05, 0) is 44.5 Å². The van der Waals surface area contributed by atoms with Crippen LogP contribution in [-0.4, -0.2) is 9.97 Å². The molecule has 114 valence electrons. The lowest BCUT2D eigenvalue weighted by Gasteiger charge is -2.15. The van der Waals surface area contributed by atoms with Crippen LogP contribution in [0.1, 0.15) is 35.5 Å². The summed E-state index contributed by atoms with van der Waals surface area (Å²) in [5, 5.41) is 5.28. The molecule has 0 bridgehead atoms. The number of rotatable bonds is 4. The molecule has 0 saturated carbocycles. The highest BCUT2D eigenvalue weighted by Gasteiger charge is 2.13. The lowest BCUT2D eigenvalue weighted by Crippen LogP contribution is -2.07. The largest absolute Gasteiger partial charge is 0.375 e. The lowest BCUT2D eigenvalue weighted by molar-refractivity contribution is 0.629. The number of aromatic nitrogens is 2. The van der Waals surface area contributed by atoms with E-state index >= 15 is 0 Å². The van der Waals surface area contributed by atoms with Crippen molar-refractivity contribution < 1.29 is 4.39 Å². The number of nitrogens with zero attached hydrogens (tertiary/aromatic N) is 2. The van der Waals surface area contributed by atoms with E-state index in [-0.39, 0.29) is 11.9 Å². The predicted octanol–water partition coefficient (Wildman–Crippen LogP) is 4.87. The monoisotopic (exact) mass is 315 g/mol. The van der Waals surface area contributed by atoms with Crippen LogP contribution < -0.4 is 5.32 Å². The first kappa shape index (κ1) is 14.9. The normalized spacial score (nSPS) is 12.5. The van der Waals surface area contributed by atoms with Gasteiger partial charge in [-0.3, -0.25) is 4.98 Å². The van der Waals surface area contributed by atoms with Crippen LogP contribution in [0.25, 0.3) is 10.9 Å². The fraction of sp³-hybridized carbons (Fsp3) is 0.294. The van der Waals surface area contributed by atoms with Gasteiger partial charge in [-0.15, -0.1) is 11.3 Å². The van der Waals surface area contributed by atoms with Crippen LogP contribution in [0.4, 0.5) is 10.1 Å². The Kier molecular flexibility index (Phi) is 4.07. The van der Waals surface area contributed by atoms with Gasteiger partial charge in [0.2, 0.25) is 0 Å². The molecule has 3 rings (SSSR count). The van der Waals surface area contributed by atoms with Crippen LogP contribution in [0.3, 0.4) is 0 Å². The van der Waals surface area contributed by atoms with E-state index in [9.17, 15) is 4.39 Å². The van der Waals surface area contributed by atoms with Crippen LogP contribution in [0.15, 0.2) is 30.5 Å². The van der Waals surface area contributed by atoms with Crippen molar-refractivity contribution in [2.24, 2.45) is 0 Å². The van der Waals surface area contributed by atoms with Gasteiger partial charge >= 0.3 is 0 Å². The van der Waals surface area contributed by atoms with E-state index in [2.05, 4.69) is 29.1 Å². The predicted molar refractivity (Wildman–Crippen MR) is 90.0 cm³/mol. The van der Waals surface area contributed by atoms with Crippen LogP contribution in [0.2, 0.25) is 0 Å². The first-order chi connectivity index (χ1) is 10.6. The van der Waals surface area contributed by atoms with Crippen molar-refractivity contribution in [2.45, 2.75) is 33.2 Å². The van der Waals surface area contributed by atoms with Crippen molar-refractivity contribution in [3.8, 4) is 0 Å². The van der Waals surface area contributed by atoms with Gasteiger partial charge < -0.3 is 5.32 Å². The Hall–Kier alpha value is -2.01. The minimum absolute atomic E-state index is 0.0681. The van der Waals surface area contributed by atoms with Gasteiger partial charge in [-0.2, -0.15) is 0 Å². The molecular formula is C17H18FN3S. The number of fused-ring (bicyclic) bond motifs is 1. The summed E-state index contributed by atoms with van der Waals surface area (Å²) in [5.74, 6) is -0.253. The Morgan fingerprint density at radius 1 is 1.32 bits per heavy atom. The Morgan fingerprint density at radius 3 is 2.86 bits per heavy atom. The Morgan fingerprint density at radius 2 is 2.14 bits per heavy atom. The molecule has 1 atom stereocenters. The zero-order valence-corrected chi connectivity index (χ0v) is 13.7. The second-order valence-corrected chi connectivity index (χ2v) is 6.50. The molecule has 1 unspecified atom stereocenters. The van der Waals surface area contributed by atoms with E-state index in [1.54, 1.807) is 17.4 Å². The third kappa shape index (κ3) is 2.95. The van der Waals surface area contributed by atoms with E-state index in [1.165, 1.54) is 17.0 Å². The highest BCUT2D eigenvalue weighted by molar-refractivity contribution is 7.11. The summed E-state index contributed by atoms with van der Waals surface area (Å²) in [5.41, 5.74) is 2.59. The van der Waals surface area contributed by atoms with Gasteiger partial charge in [-0.1, -0.05) is 6.92 Å². The topological polar surface area (TPSA) is 37.8 Å². The quantitative estimate of drug-likeness (QED) is 0.746. The first-order valence-electron chi connectivity index (χ1n) is 7.35. The molecule has 2 aromatic heterocycles. The summed E-state index contributed by atoms with van der Waals surface area (Å²) >= 11 is 1.71. The van der Waals surface area contributed by atoms with Crippen LogP contribution in [-0.2, 0) is 6.42 Å². The number of pyridine rings is 1. The van der Waals surface area contributed by atoms with Crippen molar-refractivity contribution in [3.05, 3.63) is 51.9 Å². The number of aryl methyl sites for hydroxylation is 2. The Balaban J connectivity index is 1.97. The van der Waals surface area contributed by atoms with Crippen LogP contribution in [0, 0.1) is 12.7 Å². The van der Waals surface area contributed by atoms with E-state index in [4.69, 9.17) is 0 Å². The van der Waals surface area contributed by atoms with Crippen molar-refractivity contribution in [1.29, 1.82) is 0 Å². The number of benzene rings is 1. The zero-order valence-electron chi connectivity index (χ0n) is 12.9. The number of nitrogens with one attached hydrogen (secondary N) is 1. The highest BCUT2D eigenvalue weighted by atomic mass is 32.1. The Labute approximate surface area is 133 Å². The average Bonchev–Trinajstić information content (AvgIpc) is 2.97. The summed E-state index contributed by atoms with van der Waals surface area (Å²) in [6, 6.07) is 6.70. The van der Waals surface area contributed by atoms with Gasteiger partial charge in [0.15, 0.2) is 0 Å². The van der Waals surface area contributed by atoms with E-state index < -0.39 is 0 Å². The molecule has 0 aliphatic carbocycles. The number of hydrogen-bond acceptors (Lipinski definition) is 4. The maximum atomic E-state index is 13.6. The number of halogens is 1. The molecule has 0 aliphatic heterocycles. The second kappa shape index (κ2) is 6.01. The molecule has 0 fully saturated rings. The molecule has 0 spiro atoms. The van der Waals surface area contributed by atoms with Crippen molar-refractivity contribution >= 4 is 27.9 Å². The molecule has 0 amide bonds. The molecule has 0 saturated heterocycles. The SMILES string of the molecule is CCc1cnc(C(C)Nc2cc(C)nc3ccc(F)cc23)s1. The van der Waals surface area contributed by atoms with Crippen molar-refractivity contribution in [2.75, 3.05) is 5.32 Å². The number of hydrogen-bond donors (Lipinski definition) is 1. The average molecular weight is 315 g/mol. The summed E-state index contributed by atoms with van der Waals surface area (Å²) in [7, 11) is 0. The molecule has 0 radical (unpaired) electrons. The van der Waals surface area contributed by atoms with Gasteiger partial charge in [0.25, 0.3) is 0 Å². The summed E-state index contributed by atoms with van der Waals surface area (Å²) < 4.78 is 13.6. The molecule has 0 aliphatic rings. The first-order valence-corrected chi connectivity index (χ1v) is 8.16. The summed E-state index contributed by atoms with van der Waals surface area (Å²) in [4.78, 5) is 10.2. The Bertz CT molecular complexity index is 813. The maximum absolute atomic E-state index is 13.6. The zero-order chi connectivity index (χ0) is 15.7. The third-order valence-electron chi connectivity index (χ3n) is 3.56. The molecule has 2 heterocycles. The summed E-state index contributed by atoms with van der Waals surface area (Å²) in [6.45, 7) is 6.13. The van der Waals surface area contributed by atoms with Crippen LogP contribution in [0.5, 0.6) is 0 Å². The standard InChI is InChI=1S/C17H18FN3S/c1-4-13-9-19-17(22-13)11(3)21-16-7-10(2)20-15-6-5-12(18)8-14(15)16/h5-9,11H,4H2,1-3H3,(H,20,21). The van der Waals surface area contributed by atoms with E-state index in [1.807, 2.05) is 19.2 Å². The van der Waals surface area contributed by atoms with Crippen molar-refractivity contribution in [1.82, 2.24) is 9.97 Å². The molecule has 22 heavy (non-hydrogen) atoms.